The minimum absolute atomic E-state index is 0.0822. The second-order valence-corrected chi connectivity index (χ2v) is 7.13. The highest BCUT2D eigenvalue weighted by Crippen LogP contribution is 2.42. The zero-order chi connectivity index (χ0) is 13.2. The summed E-state index contributed by atoms with van der Waals surface area (Å²) >= 11 is 1.79. The Hall–Kier alpha value is -0.410. The number of hydrogen-bond acceptors (Lipinski definition) is 3. The van der Waals surface area contributed by atoms with Crippen LogP contribution in [0.5, 0.6) is 0 Å². The van der Waals surface area contributed by atoms with Crippen LogP contribution in [0.2, 0.25) is 0 Å². The van der Waals surface area contributed by atoms with Crippen LogP contribution in [0.1, 0.15) is 70.5 Å². The first-order chi connectivity index (χ1) is 8.48. The van der Waals surface area contributed by atoms with Gasteiger partial charge in [-0.1, -0.05) is 40.0 Å². The predicted molar refractivity (Wildman–Crippen MR) is 77.2 cm³/mol. The maximum absolute atomic E-state index is 6.13. The third kappa shape index (κ3) is 2.77. The van der Waals surface area contributed by atoms with Gasteiger partial charge in [-0.2, -0.15) is 0 Å². The largest absolute Gasteiger partial charge is 0.368 e. The van der Waals surface area contributed by atoms with Gasteiger partial charge in [0, 0.05) is 17.4 Å². The Labute approximate surface area is 115 Å². The van der Waals surface area contributed by atoms with E-state index in [1.54, 1.807) is 11.3 Å². The van der Waals surface area contributed by atoms with Crippen molar-refractivity contribution in [1.29, 1.82) is 0 Å². The van der Waals surface area contributed by atoms with Crippen LogP contribution in [0.3, 0.4) is 0 Å². The molecule has 2 nitrogen and oxygen atoms in total. The van der Waals surface area contributed by atoms with Gasteiger partial charge >= 0.3 is 0 Å². The molecule has 2 rings (SSSR count). The zero-order valence-electron chi connectivity index (χ0n) is 12.1. The quantitative estimate of drug-likeness (QED) is 0.796. The third-order valence-electron chi connectivity index (χ3n) is 3.74. The van der Waals surface area contributed by atoms with Crippen molar-refractivity contribution in [3.8, 4) is 0 Å². The molecule has 1 aliphatic rings. The monoisotopic (exact) mass is 267 g/mol. The lowest BCUT2D eigenvalue weighted by molar-refractivity contribution is -0.0705. The molecule has 0 unspecified atom stereocenters. The molecule has 0 saturated heterocycles. The first kappa shape index (κ1) is 14.0. The van der Waals surface area contributed by atoms with Crippen LogP contribution in [0, 0.1) is 0 Å². The van der Waals surface area contributed by atoms with Crippen molar-refractivity contribution in [2.75, 3.05) is 6.61 Å². The molecule has 0 amide bonds. The maximum atomic E-state index is 6.13. The number of aromatic nitrogens is 1. The van der Waals surface area contributed by atoms with Crippen molar-refractivity contribution in [3.05, 3.63) is 16.1 Å². The summed E-state index contributed by atoms with van der Waals surface area (Å²) in [5.74, 6) is 0. The van der Waals surface area contributed by atoms with E-state index in [9.17, 15) is 0 Å². The Kier molecular flexibility index (Phi) is 4.12. The van der Waals surface area contributed by atoms with Crippen molar-refractivity contribution in [2.24, 2.45) is 0 Å². The van der Waals surface area contributed by atoms with E-state index in [0.29, 0.717) is 0 Å². The molecule has 1 saturated carbocycles. The fraction of sp³-hybridized carbons (Fsp3) is 0.800. The molecule has 1 aromatic heterocycles. The molecular weight excluding hydrogens is 242 g/mol. The van der Waals surface area contributed by atoms with Crippen molar-refractivity contribution in [3.63, 3.8) is 0 Å². The molecule has 0 atom stereocenters. The lowest BCUT2D eigenvalue weighted by atomic mass is 9.85. The Morgan fingerprint density at radius 1 is 1.28 bits per heavy atom. The van der Waals surface area contributed by atoms with E-state index in [4.69, 9.17) is 9.72 Å². The number of nitrogens with zero attached hydrogens (tertiary/aromatic N) is 1. The first-order valence-electron chi connectivity index (χ1n) is 7.08. The average Bonchev–Trinajstić information content (AvgIpc) is 2.80. The van der Waals surface area contributed by atoms with E-state index in [2.05, 4.69) is 33.1 Å². The van der Waals surface area contributed by atoms with E-state index < -0.39 is 0 Å². The fourth-order valence-corrected chi connectivity index (χ4v) is 3.91. The molecule has 0 radical (unpaired) electrons. The summed E-state index contributed by atoms with van der Waals surface area (Å²) in [5.41, 5.74) is 1.25. The number of thiazole rings is 1. The Balaban J connectivity index is 2.28. The van der Waals surface area contributed by atoms with Crippen LogP contribution in [-0.2, 0) is 15.8 Å². The minimum Gasteiger partial charge on any atom is -0.368 e. The maximum Gasteiger partial charge on any atom is 0.125 e. The lowest BCUT2D eigenvalue weighted by Gasteiger charge is -2.35. The summed E-state index contributed by atoms with van der Waals surface area (Å²) in [4.78, 5) is 4.89. The summed E-state index contributed by atoms with van der Waals surface area (Å²) in [6.07, 6.45) is 6.15. The Morgan fingerprint density at radius 3 is 2.44 bits per heavy atom. The topological polar surface area (TPSA) is 22.1 Å². The van der Waals surface area contributed by atoms with Gasteiger partial charge in [0.2, 0.25) is 0 Å². The van der Waals surface area contributed by atoms with Gasteiger partial charge < -0.3 is 4.74 Å². The zero-order valence-corrected chi connectivity index (χ0v) is 12.9. The summed E-state index contributed by atoms with van der Waals surface area (Å²) < 4.78 is 6.13. The number of rotatable bonds is 3. The van der Waals surface area contributed by atoms with Crippen molar-refractivity contribution in [2.45, 2.75) is 70.8 Å². The number of hydrogen-bond donors (Lipinski definition) is 0. The van der Waals surface area contributed by atoms with Gasteiger partial charge in [-0.25, -0.2) is 4.98 Å². The highest BCUT2D eigenvalue weighted by molar-refractivity contribution is 7.09. The molecule has 1 aromatic rings. The standard InChI is InChI=1S/C15H25NOS/c1-5-17-15(9-7-6-8-10-15)13-16-12(11-18-13)14(2,3)4/h11H,5-10H2,1-4H3. The van der Waals surface area contributed by atoms with E-state index in [-0.39, 0.29) is 11.0 Å². The van der Waals surface area contributed by atoms with E-state index in [1.807, 2.05) is 0 Å². The molecule has 102 valence electrons. The highest BCUT2D eigenvalue weighted by atomic mass is 32.1. The van der Waals surface area contributed by atoms with Crippen LogP contribution >= 0.6 is 11.3 Å². The van der Waals surface area contributed by atoms with E-state index >= 15 is 0 Å². The summed E-state index contributed by atoms with van der Waals surface area (Å²) in [6, 6.07) is 0. The third-order valence-corrected chi connectivity index (χ3v) is 4.77. The molecule has 0 aliphatic heterocycles. The van der Waals surface area contributed by atoms with Crippen LogP contribution in [0.25, 0.3) is 0 Å². The van der Waals surface area contributed by atoms with Gasteiger partial charge in [0.05, 0.1) is 5.69 Å². The molecule has 18 heavy (non-hydrogen) atoms. The highest BCUT2D eigenvalue weighted by Gasteiger charge is 2.38. The molecule has 0 bridgehead atoms. The summed E-state index contributed by atoms with van der Waals surface area (Å²) in [6.45, 7) is 9.54. The summed E-state index contributed by atoms with van der Waals surface area (Å²) in [7, 11) is 0. The first-order valence-corrected chi connectivity index (χ1v) is 7.96. The van der Waals surface area contributed by atoms with Gasteiger partial charge in [0.1, 0.15) is 10.6 Å². The van der Waals surface area contributed by atoms with Gasteiger partial charge in [0.25, 0.3) is 0 Å². The lowest BCUT2D eigenvalue weighted by Crippen LogP contribution is -2.32. The Bertz CT molecular complexity index is 380. The minimum atomic E-state index is -0.0822. The second-order valence-electron chi connectivity index (χ2n) is 6.28. The molecule has 1 fully saturated rings. The van der Waals surface area contributed by atoms with Gasteiger partial charge in [0.15, 0.2) is 0 Å². The Morgan fingerprint density at radius 2 is 1.94 bits per heavy atom. The van der Waals surface area contributed by atoms with E-state index in [1.165, 1.54) is 30.0 Å². The smallest absolute Gasteiger partial charge is 0.125 e. The molecule has 0 N–H and O–H groups in total. The average molecular weight is 267 g/mol. The van der Waals surface area contributed by atoms with Gasteiger partial charge in [-0.15, -0.1) is 11.3 Å². The van der Waals surface area contributed by atoms with Crippen LogP contribution < -0.4 is 0 Å². The van der Waals surface area contributed by atoms with Gasteiger partial charge in [-0.05, 0) is 19.8 Å². The van der Waals surface area contributed by atoms with Gasteiger partial charge in [-0.3, -0.25) is 0 Å². The van der Waals surface area contributed by atoms with Crippen LogP contribution in [0.4, 0.5) is 0 Å². The van der Waals surface area contributed by atoms with Crippen molar-refractivity contribution >= 4 is 11.3 Å². The van der Waals surface area contributed by atoms with E-state index in [0.717, 1.165) is 19.4 Å². The normalized spacial score (nSPS) is 20.0. The predicted octanol–water partition coefficient (Wildman–Crippen LogP) is 4.64. The second kappa shape index (κ2) is 5.30. The fourth-order valence-electron chi connectivity index (χ4n) is 2.65. The molecule has 0 aromatic carbocycles. The van der Waals surface area contributed by atoms with Crippen molar-refractivity contribution in [1.82, 2.24) is 4.98 Å². The molecular formula is C15H25NOS. The molecule has 3 heteroatoms. The summed E-state index contributed by atoms with van der Waals surface area (Å²) in [5, 5.41) is 3.42. The molecule has 1 aliphatic carbocycles. The van der Waals surface area contributed by atoms with Crippen LogP contribution in [0.15, 0.2) is 5.38 Å². The van der Waals surface area contributed by atoms with Crippen LogP contribution in [-0.4, -0.2) is 11.6 Å². The number of ether oxygens (including phenoxy) is 1. The molecule has 0 spiro atoms. The SMILES string of the molecule is CCOC1(c2nc(C(C)(C)C)cs2)CCCCC1. The van der Waals surface area contributed by atoms with Crippen molar-refractivity contribution < 1.29 is 4.74 Å². The molecule has 1 heterocycles.